The molecule has 2 aliphatic rings. The second-order valence-electron chi connectivity index (χ2n) is 8.16. The Morgan fingerprint density at radius 1 is 1.30 bits per heavy atom. The molecule has 0 saturated carbocycles. The van der Waals surface area contributed by atoms with E-state index in [2.05, 4.69) is 15.4 Å². The molecule has 1 fully saturated rings. The lowest BCUT2D eigenvalue weighted by Crippen LogP contribution is -2.39. The third kappa shape index (κ3) is 3.79. The topological polar surface area (TPSA) is 76.2 Å². The van der Waals surface area contributed by atoms with E-state index in [-0.39, 0.29) is 30.0 Å². The van der Waals surface area contributed by atoms with Crippen LogP contribution in [-0.4, -0.2) is 50.9 Å². The smallest absolute Gasteiger partial charge is 0.410 e. The molecule has 0 unspecified atom stereocenters. The summed E-state index contributed by atoms with van der Waals surface area (Å²) < 4.78 is 47.2. The maximum absolute atomic E-state index is 13.6. The second kappa shape index (κ2) is 7.63. The van der Waals surface area contributed by atoms with Gasteiger partial charge < -0.3 is 14.6 Å². The highest BCUT2D eigenvalue weighted by atomic mass is 19.4. The number of alkyl halides is 3. The number of amides is 1. The van der Waals surface area contributed by atoms with Crippen LogP contribution >= 0.6 is 0 Å². The van der Waals surface area contributed by atoms with Gasteiger partial charge in [0.1, 0.15) is 5.82 Å². The minimum atomic E-state index is -4.34. The van der Waals surface area contributed by atoms with Crippen molar-refractivity contribution < 1.29 is 22.4 Å². The molecule has 7 nitrogen and oxygen atoms in total. The van der Waals surface area contributed by atoms with Crippen LogP contribution < -0.4 is 5.32 Å². The van der Waals surface area contributed by atoms with E-state index >= 15 is 0 Å². The standard InChI is InChI=1S/C20H26F3N5O2/c1-4-14-9-16(20(21,22)23)28-17(25-14)10-15(26-28)13-5-7-27(8-6-13)19(29)18-11(2)24-12(3)30-18/h10,13-14,16,25H,4-9H2,1-3H3/t14-,16-/m1/s1. The molecule has 2 aliphatic heterocycles. The van der Waals surface area contributed by atoms with Gasteiger partial charge in [-0.25, -0.2) is 9.67 Å². The van der Waals surface area contributed by atoms with Crippen LogP contribution in [0.3, 0.4) is 0 Å². The maximum Gasteiger partial charge on any atom is 0.410 e. The molecule has 10 heteroatoms. The minimum absolute atomic E-state index is 0.0143. The highest BCUT2D eigenvalue weighted by Gasteiger charge is 2.46. The van der Waals surface area contributed by atoms with Gasteiger partial charge in [-0.15, -0.1) is 0 Å². The summed E-state index contributed by atoms with van der Waals surface area (Å²) in [5.74, 6) is 0.954. The first kappa shape index (κ1) is 20.7. The van der Waals surface area contributed by atoms with E-state index in [4.69, 9.17) is 4.42 Å². The third-order valence-electron chi connectivity index (χ3n) is 6.08. The zero-order valence-electron chi connectivity index (χ0n) is 17.3. The Labute approximate surface area is 172 Å². The Bertz CT molecular complexity index is 928. The van der Waals surface area contributed by atoms with Gasteiger partial charge in [-0.1, -0.05) is 6.92 Å². The molecule has 1 saturated heterocycles. The number of rotatable bonds is 3. The number of likely N-dealkylation sites (tertiary alicyclic amines) is 1. The van der Waals surface area contributed by atoms with Crippen LogP contribution in [0, 0.1) is 13.8 Å². The summed E-state index contributed by atoms with van der Waals surface area (Å²) in [6.07, 6.45) is -2.45. The van der Waals surface area contributed by atoms with Gasteiger partial charge in [-0.05, 0) is 32.6 Å². The first-order valence-electron chi connectivity index (χ1n) is 10.3. The van der Waals surface area contributed by atoms with Crippen molar-refractivity contribution in [2.45, 2.75) is 70.6 Å². The fraction of sp³-hybridized carbons (Fsp3) is 0.650. The predicted molar refractivity (Wildman–Crippen MR) is 103 cm³/mol. The first-order valence-corrected chi connectivity index (χ1v) is 10.3. The highest BCUT2D eigenvalue weighted by molar-refractivity contribution is 5.92. The Morgan fingerprint density at radius 2 is 2.00 bits per heavy atom. The molecule has 0 bridgehead atoms. The molecule has 1 N–H and O–H groups in total. The normalized spacial score (nSPS) is 22.7. The van der Waals surface area contributed by atoms with Gasteiger partial charge in [-0.3, -0.25) is 4.79 Å². The zero-order valence-corrected chi connectivity index (χ0v) is 17.3. The average Bonchev–Trinajstić information content (AvgIpc) is 3.28. The van der Waals surface area contributed by atoms with Crippen molar-refractivity contribution in [3.8, 4) is 0 Å². The molecule has 2 aromatic rings. The number of aromatic nitrogens is 3. The summed E-state index contributed by atoms with van der Waals surface area (Å²) in [5.41, 5.74) is 1.22. The lowest BCUT2D eigenvalue weighted by atomic mass is 9.93. The molecular formula is C20H26F3N5O2. The Balaban J connectivity index is 1.48. The number of anilines is 1. The molecule has 2 atom stereocenters. The quantitative estimate of drug-likeness (QED) is 0.798. The Morgan fingerprint density at radius 3 is 2.57 bits per heavy atom. The van der Waals surface area contributed by atoms with E-state index in [1.165, 1.54) is 0 Å². The summed E-state index contributed by atoms with van der Waals surface area (Å²) in [6, 6.07) is -0.0827. The number of hydrogen-bond acceptors (Lipinski definition) is 5. The molecule has 4 rings (SSSR count). The van der Waals surface area contributed by atoms with Gasteiger partial charge in [0.05, 0.1) is 11.4 Å². The van der Waals surface area contributed by atoms with Crippen molar-refractivity contribution in [3.05, 3.63) is 29.1 Å². The molecular weight excluding hydrogens is 399 g/mol. The Hall–Kier alpha value is -2.52. The van der Waals surface area contributed by atoms with Crippen molar-refractivity contribution in [2.75, 3.05) is 18.4 Å². The van der Waals surface area contributed by atoms with E-state index in [0.29, 0.717) is 55.4 Å². The molecule has 0 aliphatic carbocycles. The summed E-state index contributed by atoms with van der Waals surface area (Å²) >= 11 is 0. The Kier molecular flexibility index (Phi) is 5.27. The SMILES string of the molecule is CC[C@@H]1C[C@H](C(F)(F)F)n2nc(C3CCN(C(=O)c4oc(C)nc4C)CC3)cc2N1. The summed E-state index contributed by atoms with van der Waals surface area (Å²) in [5, 5.41) is 7.52. The first-order chi connectivity index (χ1) is 14.2. The van der Waals surface area contributed by atoms with Crippen LogP contribution in [0.15, 0.2) is 10.5 Å². The van der Waals surface area contributed by atoms with Crippen LogP contribution in [0.4, 0.5) is 19.0 Å². The van der Waals surface area contributed by atoms with E-state index in [1.807, 2.05) is 6.92 Å². The molecule has 1 amide bonds. The van der Waals surface area contributed by atoms with Crippen molar-refractivity contribution in [3.63, 3.8) is 0 Å². The van der Waals surface area contributed by atoms with Crippen LogP contribution in [0.25, 0.3) is 0 Å². The van der Waals surface area contributed by atoms with Crippen molar-refractivity contribution >= 4 is 11.7 Å². The summed E-state index contributed by atoms with van der Waals surface area (Å²) in [4.78, 5) is 18.5. The van der Waals surface area contributed by atoms with Gasteiger partial charge in [0.2, 0.25) is 5.76 Å². The largest absolute Gasteiger partial charge is 0.436 e. The molecule has 0 aromatic carbocycles. The van der Waals surface area contributed by atoms with Gasteiger partial charge in [0, 0.05) is 38.0 Å². The number of hydrogen-bond donors (Lipinski definition) is 1. The van der Waals surface area contributed by atoms with Gasteiger partial charge in [0.15, 0.2) is 11.9 Å². The van der Waals surface area contributed by atoms with Crippen molar-refractivity contribution in [1.29, 1.82) is 0 Å². The van der Waals surface area contributed by atoms with Crippen LogP contribution in [0.2, 0.25) is 0 Å². The van der Waals surface area contributed by atoms with Gasteiger partial charge >= 0.3 is 6.18 Å². The number of carbonyl (C=O) groups is 1. The number of piperidine rings is 1. The molecule has 0 radical (unpaired) electrons. The van der Waals surface area contributed by atoms with Crippen molar-refractivity contribution in [2.24, 2.45) is 0 Å². The fourth-order valence-corrected chi connectivity index (χ4v) is 4.39. The number of aryl methyl sites for hydroxylation is 2. The zero-order chi connectivity index (χ0) is 21.6. The lowest BCUT2D eigenvalue weighted by Gasteiger charge is -2.32. The number of nitrogens with one attached hydrogen (secondary N) is 1. The number of oxazole rings is 1. The molecule has 0 spiro atoms. The van der Waals surface area contributed by atoms with Crippen LogP contribution in [-0.2, 0) is 0 Å². The summed E-state index contributed by atoms with van der Waals surface area (Å²) in [6.45, 7) is 6.31. The second-order valence-corrected chi connectivity index (χ2v) is 8.16. The minimum Gasteiger partial charge on any atom is -0.436 e. The highest BCUT2D eigenvalue weighted by Crippen LogP contribution is 2.41. The van der Waals surface area contributed by atoms with Crippen LogP contribution in [0.5, 0.6) is 0 Å². The van der Waals surface area contributed by atoms with Gasteiger partial charge in [-0.2, -0.15) is 18.3 Å². The van der Waals surface area contributed by atoms with Crippen molar-refractivity contribution in [1.82, 2.24) is 19.7 Å². The van der Waals surface area contributed by atoms with E-state index in [9.17, 15) is 18.0 Å². The molecule has 2 aromatic heterocycles. The van der Waals surface area contributed by atoms with E-state index < -0.39 is 12.2 Å². The number of halogens is 3. The molecule has 4 heterocycles. The molecule has 164 valence electrons. The summed E-state index contributed by atoms with van der Waals surface area (Å²) in [7, 11) is 0. The fourth-order valence-electron chi connectivity index (χ4n) is 4.39. The van der Waals surface area contributed by atoms with E-state index in [0.717, 1.165) is 4.68 Å². The number of nitrogens with zero attached hydrogens (tertiary/aromatic N) is 4. The average molecular weight is 425 g/mol. The number of carbonyl (C=O) groups excluding carboxylic acids is 1. The number of fused-ring (bicyclic) bond motifs is 1. The predicted octanol–water partition coefficient (Wildman–Crippen LogP) is 4.21. The monoisotopic (exact) mass is 425 g/mol. The van der Waals surface area contributed by atoms with Gasteiger partial charge in [0.25, 0.3) is 5.91 Å². The maximum atomic E-state index is 13.6. The van der Waals surface area contributed by atoms with E-state index in [1.54, 1.807) is 24.8 Å². The third-order valence-corrected chi connectivity index (χ3v) is 6.08. The lowest BCUT2D eigenvalue weighted by molar-refractivity contribution is -0.173. The van der Waals surface area contributed by atoms with Crippen LogP contribution in [0.1, 0.15) is 72.4 Å². The molecule has 30 heavy (non-hydrogen) atoms.